The molecule has 0 saturated heterocycles. The Bertz CT molecular complexity index is 1810. The van der Waals surface area contributed by atoms with Crippen LogP contribution in [0.3, 0.4) is 0 Å². The van der Waals surface area contributed by atoms with Crippen LogP contribution in [0.15, 0.2) is 158 Å². The summed E-state index contributed by atoms with van der Waals surface area (Å²) in [6.45, 7) is 6.27. The van der Waals surface area contributed by atoms with Crippen molar-refractivity contribution in [1.29, 1.82) is 0 Å². The first-order chi connectivity index (χ1) is 40.0. The third-order valence-corrected chi connectivity index (χ3v) is 13.5. The minimum absolute atomic E-state index is 0.100. The Labute approximate surface area is 499 Å². The summed E-state index contributed by atoms with van der Waals surface area (Å²) in [5, 5.41) is 0. The maximum atomic E-state index is 12.9. The molecule has 456 valence electrons. The van der Waals surface area contributed by atoms with Crippen molar-refractivity contribution >= 4 is 17.9 Å². The van der Waals surface area contributed by atoms with Gasteiger partial charge in [-0.2, -0.15) is 0 Å². The van der Waals surface area contributed by atoms with E-state index >= 15 is 0 Å². The second-order valence-electron chi connectivity index (χ2n) is 21.2. The first kappa shape index (κ1) is 76.0. The van der Waals surface area contributed by atoms with Gasteiger partial charge in [0.25, 0.3) is 0 Å². The van der Waals surface area contributed by atoms with Crippen molar-refractivity contribution in [3.05, 3.63) is 158 Å². The Hall–Kier alpha value is -4.97. The van der Waals surface area contributed by atoms with E-state index in [1.165, 1.54) is 83.5 Å². The van der Waals surface area contributed by atoms with E-state index in [9.17, 15) is 14.4 Å². The van der Waals surface area contributed by atoms with E-state index < -0.39 is 6.10 Å². The van der Waals surface area contributed by atoms with Gasteiger partial charge in [0.1, 0.15) is 13.2 Å². The van der Waals surface area contributed by atoms with E-state index in [0.29, 0.717) is 19.3 Å². The van der Waals surface area contributed by atoms with Gasteiger partial charge in [-0.25, -0.2) is 0 Å². The molecule has 0 amide bonds. The predicted molar refractivity (Wildman–Crippen MR) is 352 cm³/mol. The smallest absolute Gasteiger partial charge is 0.306 e. The van der Waals surface area contributed by atoms with Crippen molar-refractivity contribution in [2.24, 2.45) is 0 Å². The first-order valence-electron chi connectivity index (χ1n) is 33.0. The summed E-state index contributed by atoms with van der Waals surface area (Å²) in [7, 11) is 0. The molecule has 0 aliphatic carbocycles. The number of esters is 3. The molecule has 0 aromatic rings. The number of hydrogen-bond donors (Lipinski definition) is 0. The molecule has 0 saturated carbocycles. The van der Waals surface area contributed by atoms with E-state index in [2.05, 4.69) is 179 Å². The van der Waals surface area contributed by atoms with Crippen LogP contribution in [0.5, 0.6) is 0 Å². The molecule has 0 fully saturated rings. The average Bonchev–Trinajstić information content (AvgIpc) is 3.47. The molecule has 81 heavy (non-hydrogen) atoms. The van der Waals surface area contributed by atoms with Crippen LogP contribution < -0.4 is 0 Å². The second-order valence-corrected chi connectivity index (χ2v) is 21.2. The Kier molecular flexibility index (Phi) is 63.4. The van der Waals surface area contributed by atoms with Gasteiger partial charge in [0, 0.05) is 19.3 Å². The molecule has 1 atom stereocenters. The van der Waals surface area contributed by atoms with Crippen LogP contribution >= 0.6 is 0 Å². The molecule has 0 aliphatic heterocycles. The van der Waals surface area contributed by atoms with Gasteiger partial charge in [0.15, 0.2) is 6.10 Å². The van der Waals surface area contributed by atoms with Crippen molar-refractivity contribution in [2.45, 2.75) is 284 Å². The highest BCUT2D eigenvalue weighted by Crippen LogP contribution is 2.15. The van der Waals surface area contributed by atoms with Crippen LogP contribution in [-0.4, -0.2) is 37.2 Å². The molecular weight excluding hydrogens is 997 g/mol. The highest BCUT2D eigenvalue weighted by Gasteiger charge is 2.19. The minimum Gasteiger partial charge on any atom is -0.462 e. The number of allylic oxidation sites excluding steroid dienone is 26. The van der Waals surface area contributed by atoms with Crippen molar-refractivity contribution in [3.63, 3.8) is 0 Å². The lowest BCUT2D eigenvalue weighted by Gasteiger charge is -2.18. The summed E-state index contributed by atoms with van der Waals surface area (Å²) in [5.74, 6) is -0.945. The number of unbranched alkanes of at least 4 members (excludes halogenated alkanes) is 21. The lowest BCUT2D eigenvalue weighted by atomic mass is 10.1. The third kappa shape index (κ3) is 65.7. The van der Waals surface area contributed by atoms with E-state index in [0.717, 1.165) is 154 Å². The van der Waals surface area contributed by atoms with E-state index in [4.69, 9.17) is 14.2 Å². The highest BCUT2D eigenvalue weighted by molar-refractivity contribution is 5.71. The molecule has 0 N–H and O–H groups in total. The van der Waals surface area contributed by atoms with Crippen LogP contribution in [-0.2, 0) is 28.6 Å². The predicted octanol–water partition coefficient (Wildman–Crippen LogP) is 22.9. The van der Waals surface area contributed by atoms with E-state index in [1.807, 2.05) is 0 Å². The maximum absolute atomic E-state index is 12.9. The number of ether oxygens (including phenoxy) is 3. The van der Waals surface area contributed by atoms with Crippen molar-refractivity contribution in [3.8, 4) is 0 Å². The molecule has 0 spiro atoms. The van der Waals surface area contributed by atoms with Crippen LogP contribution in [0, 0.1) is 0 Å². The van der Waals surface area contributed by atoms with Crippen LogP contribution in [0.25, 0.3) is 0 Å². The largest absolute Gasteiger partial charge is 0.462 e. The third-order valence-electron chi connectivity index (χ3n) is 13.5. The molecule has 0 radical (unpaired) electrons. The number of rotatable bonds is 58. The van der Waals surface area contributed by atoms with Crippen molar-refractivity contribution < 1.29 is 28.6 Å². The summed E-state index contributed by atoms with van der Waals surface area (Å²) < 4.78 is 16.9. The monoisotopic (exact) mass is 1120 g/mol. The summed E-state index contributed by atoms with van der Waals surface area (Å²) in [6.07, 6.45) is 98.1. The SMILES string of the molecule is CC/C=C\C/C=C\C/C=C\C/C=C\C/C=C\CCCCCC(=O)OCC(COC(=O)CCCCCCCCCCCC/C=C\C/C=C\C/C=C\C/C=C\CC)OC(=O)CCCCCCCCCC/C=C\C/C=C\C/C=C\C/C=C\CC. The zero-order chi connectivity index (χ0) is 58.5. The zero-order valence-corrected chi connectivity index (χ0v) is 52.2. The van der Waals surface area contributed by atoms with Gasteiger partial charge in [-0.3, -0.25) is 14.4 Å². The van der Waals surface area contributed by atoms with Crippen LogP contribution in [0.4, 0.5) is 0 Å². The Balaban J connectivity index is 4.48. The summed E-state index contributed by atoms with van der Waals surface area (Å²) in [5.41, 5.74) is 0. The molecule has 6 nitrogen and oxygen atoms in total. The Morgan fingerprint density at radius 2 is 0.444 bits per heavy atom. The van der Waals surface area contributed by atoms with Crippen LogP contribution in [0.1, 0.15) is 278 Å². The Morgan fingerprint density at radius 1 is 0.247 bits per heavy atom. The van der Waals surface area contributed by atoms with Gasteiger partial charge in [-0.15, -0.1) is 0 Å². The molecule has 0 bridgehead atoms. The molecule has 0 heterocycles. The minimum atomic E-state index is -0.808. The first-order valence-corrected chi connectivity index (χ1v) is 33.0. The molecule has 6 heteroatoms. The topological polar surface area (TPSA) is 78.9 Å². The van der Waals surface area contributed by atoms with E-state index in [1.54, 1.807) is 0 Å². The zero-order valence-electron chi connectivity index (χ0n) is 52.2. The normalized spacial score (nSPS) is 13.2. The summed E-state index contributed by atoms with van der Waals surface area (Å²) in [6, 6.07) is 0. The van der Waals surface area contributed by atoms with Crippen molar-refractivity contribution in [1.82, 2.24) is 0 Å². The number of hydrogen-bond acceptors (Lipinski definition) is 6. The summed E-state index contributed by atoms with van der Waals surface area (Å²) >= 11 is 0. The fourth-order valence-electron chi connectivity index (χ4n) is 8.69. The van der Waals surface area contributed by atoms with Gasteiger partial charge < -0.3 is 14.2 Å². The molecule has 0 aromatic heterocycles. The van der Waals surface area contributed by atoms with Gasteiger partial charge >= 0.3 is 17.9 Å². The Morgan fingerprint density at radius 3 is 0.704 bits per heavy atom. The van der Waals surface area contributed by atoms with Gasteiger partial charge in [0.2, 0.25) is 0 Å². The van der Waals surface area contributed by atoms with Crippen LogP contribution in [0.2, 0.25) is 0 Å². The standard InChI is InChI=1S/C75H120O6/c1-4-7-10-13-16-19-22-25-28-31-34-36-37-39-41-44-47-50-53-56-59-62-65-68-74(77)80-71-72(70-79-73(76)67-64-61-58-55-52-49-46-43-40-33-30-27-24-21-18-15-12-9-6-3)81-75(78)69-66-63-60-57-54-51-48-45-42-38-35-32-29-26-23-20-17-14-11-8-5-2/h7-12,16-21,25-30,34-36,38,40,43,49,52,72H,4-6,13-15,22-24,31-33,37,39,41-42,44-48,50-51,53-71H2,1-3H3/b10-7-,11-8-,12-9-,19-16-,20-17-,21-18-,28-25-,29-26-,30-27-,36-34-,38-35-,43-40-,52-49-. The molecule has 1 unspecified atom stereocenters. The fraction of sp³-hybridized carbons (Fsp3) is 0.613. The lowest BCUT2D eigenvalue weighted by Crippen LogP contribution is -2.30. The fourth-order valence-corrected chi connectivity index (χ4v) is 8.69. The average molecular weight is 1120 g/mol. The van der Waals surface area contributed by atoms with Gasteiger partial charge in [-0.05, 0) is 141 Å². The van der Waals surface area contributed by atoms with Crippen molar-refractivity contribution in [2.75, 3.05) is 13.2 Å². The quantitative estimate of drug-likeness (QED) is 0.0261. The highest BCUT2D eigenvalue weighted by atomic mass is 16.6. The molecule has 0 rings (SSSR count). The van der Waals surface area contributed by atoms with Gasteiger partial charge in [0.05, 0.1) is 0 Å². The lowest BCUT2D eigenvalue weighted by molar-refractivity contribution is -0.167. The molecule has 0 aromatic carbocycles. The second kappa shape index (κ2) is 67.5. The number of carbonyl (C=O) groups is 3. The van der Waals surface area contributed by atoms with E-state index in [-0.39, 0.29) is 31.1 Å². The molecule has 0 aliphatic rings. The van der Waals surface area contributed by atoms with Gasteiger partial charge in [-0.1, -0.05) is 275 Å². The maximum Gasteiger partial charge on any atom is 0.306 e. The number of carbonyl (C=O) groups excluding carboxylic acids is 3. The summed E-state index contributed by atoms with van der Waals surface area (Å²) in [4.78, 5) is 38.4. The molecular formula is C75H120O6.